The molecule has 0 radical (unpaired) electrons. The molecule has 2 aromatic carbocycles. The Bertz CT molecular complexity index is 1770. The molecule has 11 nitrogen and oxygen atoms in total. The summed E-state index contributed by atoms with van der Waals surface area (Å²) in [5.41, 5.74) is 12.2. The van der Waals surface area contributed by atoms with Crippen molar-refractivity contribution in [1.82, 2.24) is 29.8 Å². The molecule has 0 saturated heterocycles. The van der Waals surface area contributed by atoms with E-state index in [1.807, 2.05) is 13.8 Å². The number of nitrogens with two attached hydrogens (primary N) is 1. The molecule has 5 rings (SSSR count). The summed E-state index contributed by atoms with van der Waals surface area (Å²) in [4.78, 5) is 3.49. The second-order valence-electron chi connectivity index (χ2n) is 9.05. The number of nitrogens with zero attached hydrogens (tertiary/aromatic N) is 9. The summed E-state index contributed by atoms with van der Waals surface area (Å²) in [6.45, 7) is 15.4. The van der Waals surface area contributed by atoms with E-state index in [4.69, 9.17) is 35.5 Å². The molecule has 0 aliphatic heterocycles. The largest absolute Gasteiger partial charge is 0.382 e. The highest BCUT2D eigenvalue weighted by Gasteiger charge is 2.19. The summed E-state index contributed by atoms with van der Waals surface area (Å²) in [5, 5.41) is 30.0. The maximum absolute atomic E-state index is 7.52. The summed E-state index contributed by atoms with van der Waals surface area (Å²) in [7, 11) is 0. The molecular formula is C27H23Cl2N11. The molecule has 0 fully saturated rings. The fourth-order valence-corrected chi connectivity index (χ4v) is 4.86. The zero-order valence-corrected chi connectivity index (χ0v) is 23.5. The van der Waals surface area contributed by atoms with Crippen LogP contribution in [-0.4, -0.2) is 29.8 Å². The summed E-state index contributed by atoms with van der Waals surface area (Å²) >= 11 is 12.7. The van der Waals surface area contributed by atoms with Crippen LogP contribution >= 0.6 is 23.2 Å². The molecule has 200 valence electrons. The van der Waals surface area contributed by atoms with Gasteiger partial charge in [-0.15, -0.1) is 20.4 Å². The zero-order valence-electron chi connectivity index (χ0n) is 22.0. The fourth-order valence-electron chi connectivity index (χ4n) is 4.30. The van der Waals surface area contributed by atoms with Crippen LogP contribution in [0.5, 0.6) is 0 Å². The number of hydrogen-bond donors (Lipinski definition) is 2. The molecule has 3 aromatic heterocycles. The molecule has 13 heteroatoms. The number of para-hydroxylation sites is 1. The molecule has 0 aliphatic rings. The lowest BCUT2D eigenvalue weighted by Crippen LogP contribution is -2.06. The van der Waals surface area contributed by atoms with Crippen LogP contribution in [0, 0.1) is 34.3 Å². The molecule has 0 spiro atoms. The Balaban J connectivity index is 1.45. The topological polar surface area (TPSA) is 129 Å². The number of aromatic nitrogens is 6. The third-order valence-electron chi connectivity index (χ3n) is 6.10. The Kier molecular flexibility index (Phi) is 7.21. The predicted molar refractivity (Wildman–Crippen MR) is 156 cm³/mol. The Morgan fingerprint density at radius 2 is 1.65 bits per heavy atom. The molecule has 0 atom stereocenters. The van der Waals surface area contributed by atoms with E-state index in [1.54, 1.807) is 37.3 Å². The van der Waals surface area contributed by atoms with Gasteiger partial charge >= 0.3 is 0 Å². The maximum Gasteiger partial charge on any atom is 0.252 e. The summed E-state index contributed by atoms with van der Waals surface area (Å²) in [6, 6.07) is 12.8. The number of rotatable bonds is 6. The van der Waals surface area contributed by atoms with Crippen LogP contribution < -0.4 is 11.1 Å². The summed E-state index contributed by atoms with van der Waals surface area (Å²) < 4.78 is 2.80. The minimum atomic E-state index is 0.147. The monoisotopic (exact) mass is 571 g/mol. The van der Waals surface area contributed by atoms with E-state index >= 15 is 0 Å². The lowest BCUT2D eigenvalue weighted by molar-refractivity contribution is 0.813. The van der Waals surface area contributed by atoms with Crippen molar-refractivity contribution in [2.75, 3.05) is 11.1 Å². The van der Waals surface area contributed by atoms with Gasteiger partial charge in [0.25, 0.3) is 5.69 Å². The number of anilines is 3. The molecule has 40 heavy (non-hydrogen) atoms. The Morgan fingerprint density at radius 3 is 2.27 bits per heavy atom. The van der Waals surface area contributed by atoms with E-state index in [0.717, 1.165) is 16.8 Å². The van der Waals surface area contributed by atoms with Crippen molar-refractivity contribution in [3.63, 3.8) is 0 Å². The second kappa shape index (κ2) is 10.8. The highest BCUT2D eigenvalue weighted by Crippen LogP contribution is 2.38. The van der Waals surface area contributed by atoms with Crippen LogP contribution in [0.15, 0.2) is 58.9 Å². The Labute approximate surface area is 240 Å². The van der Waals surface area contributed by atoms with Gasteiger partial charge in [-0.25, -0.2) is 9.53 Å². The second-order valence-corrected chi connectivity index (χ2v) is 9.87. The molecule has 3 heterocycles. The zero-order chi connectivity index (χ0) is 28.6. The van der Waals surface area contributed by atoms with Crippen LogP contribution in [0.4, 0.5) is 34.5 Å². The van der Waals surface area contributed by atoms with Gasteiger partial charge in [-0.2, -0.15) is 14.9 Å². The Hall–Kier alpha value is -4.79. The van der Waals surface area contributed by atoms with Gasteiger partial charge in [0.2, 0.25) is 0 Å². The van der Waals surface area contributed by atoms with Gasteiger partial charge in [-0.3, -0.25) is 0 Å². The first-order valence-electron chi connectivity index (χ1n) is 12.0. The van der Waals surface area contributed by atoms with Gasteiger partial charge in [0.05, 0.1) is 28.5 Å². The van der Waals surface area contributed by atoms with Crippen molar-refractivity contribution >= 4 is 57.7 Å². The first-order valence-corrected chi connectivity index (χ1v) is 12.8. The minimum Gasteiger partial charge on any atom is -0.382 e. The van der Waals surface area contributed by atoms with E-state index in [0.29, 0.717) is 38.7 Å². The fraction of sp³-hybridized carbons (Fsp3) is 0.148. The van der Waals surface area contributed by atoms with Gasteiger partial charge in [-0.05, 0) is 63.1 Å². The lowest BCUT2D eigenvalue weighted by atomic mass is 10.1. The quantitative estimate of drug-likeness (QED) is 0.159. The normalized spacial score (nSPS) is 11.2. The molecule has 0 aliphatic carbocycles. The average Bonchev–Trinajstić information content (AvgIpc) is 3.44. The SMILES string of the molecule is [C-]#[N+]c1cnn(-c2c(Cl)cccc2Cl)c1/N=N/c1c(C)nn(-c2ccc(Nc3c(C)cc(C)cc3C)nn2)c1N. The van der Waals surface area contributed by atoms with Gasteiger partial charge in [-0.1, -0.05) is 47.0 Å². The molecule has 5 aromatic rings. The first kappa shape index (κ1) is 26.8. The number of hydrogen-bond acceptors (Lipinski definition) is 8. The average molecular weight is 572 g/mol. The predicted octanol–water partition coefficient (Wildman–Crippen LogP) is 7.68. The van der Waals surface area contributed by atoms with Gasteiger partial charge in [0.15, 0.2) is 29.0 Å². The summed E-state index contributed by atoms with van der Waals surface area (Å²) in [5.74, 6) is 1.33. The van der Waals surface area contributed by atoms with Crippen molar-refractivity contribution in [2.24, 2.45) is 10.2 Å². The van der Waals surface area contributed by atoms with Gasteiger partial charge < -0.3 is 11.1 Å². The molecule has 0 amide bonds. The van der Waals surface area contributed by atoms with Crippen LogP contribution in [-0.2, 0) is 0 Å². The standard InChI is InChI=1S/C27H23Cl2N11/c1-14-11-15(2)23(16(3)12-14)33-21-9-10-22(35-34-21)39-26(30)24(17(4)38-39)36-37-27-20(31-5)13-32-40(27)25-18(28)7-6-8-19(25)29/h6-13H,30H2,1-4H3,(H,33,34)/b37-36+. The number of aryl methyl sites for hydroxylation is 4. The third-order valence-corrected chi connectivity index (χ3v) is 6.71. The van der Waals surface area contributed by atoms with Crippen molar-refractivity contribution in [1.29, 1.82) is 0 Å². The highest BCUT2D eigenvalue weighted by atomic mass is 35.5. The number of benzene rings is 2. The molecule has 0 saturated carbocycles. The van der Waals surface area contributed by atoms with E-state index in [2.05, 4.69) is 59.8 Å². The van der Waals surface area contributed by atoms with Crippen LogP contribution in [0.2, 0.25) is 10.0 Å². The molecular weight excluding hydrogens is 549 g/mol. The number of nitrogen functional groups attached to an aromatic ring is 1. The molecule has 0 unspecified atom stereocenters. The maximum atomic E-state index is 7.52. The van der Waals surface area contributed by atoms with Crippen LogP contribution in [0.3, 0.4) is 0 Å². The smallest absolute Gasteiger partial charge is 0.252 e. The van der Waals surface area contributed by atoms with Crippen molar-refractivity contribution in [3.8, 4) is 11.5 Å². The van der Waals surface area contributed by atoms with Crippen molar-refractivity contribution < 1.29 is 0 Å². The van der Waals surface area contributed by atoms with Crippen molar-refractivity contribution in [2.45, 2.75) is 27.7 Å². The van der Waals surface area contributed by atoms with Crippen LogP contribution in [0.25, 0.3) is 16.4 Å². The Morgan fingerprint density at radius 1 is 0.950 bits per heavy atom. The number of azo groups is 1. The van der Waals surface area contributed by atoms with Crippen molar-refractivity contribution in [3.05, 3.63) is 92.5 Å². The summed E-state index contributed by atoms with van der Waals surface area (Å²) in [6.07, 6.45) is 1.37. The van der Waals surface area contributed by atoms with Gasteiger partial charge in [0.1, 0.15) is 5.69 Å². The van der Waals surface area contributed by atoms with Crippen LogP contribution in [0.1, 0.15) is 22.4 Å². The first-order chi connectivity index (χ1) is 19.2. The lowest BCUT2D eigenvalue weighted by Gasteiger charge is -2.13. The minimum absolute atomic E-state index is 0.147. The highest BCUT2D eigenvalue weighted by molar-refractivity contribution is 6.37. The number of halogens is 2. The van der Waals surface area contributed by atoms with E-state index in [1.165, 1.54) is 21.1 Å². The number of nitrogens with one attached hydrogen (secondary N) is 1. The van der Waals surface area contributed by atoms with E-state index in [-0.39, 0.29) is 17.3 Å². The third kappa shape index (κ3) is 4.98. The van der Waals surface area contributed by atoms with Gasteiger partial charge in [0, 0.05) is 5.69 Å². The molecule has 3 N–H and O–H groups in total. The van der Waals surface area contributed by atoms with E-state index in [9.17, 15) is 0 Å². The molecule has 0 bridgehead atoms. The van der Waals surface area contributed by atoms with E-state index < -0.39 is 0 Å².